The highest BCUT2D eigenvalue weighted by molar-refractivity contribution is 14.1. The molecule has 1 aliphatic carbocycles. The molecular formula is C12H15IN2O3. The Kier molecular flexibility index (Phi) is 4.39. The molecule has 1 saturated carbocycles. The van der Waals surface area contributed by atoms with Crippen LogP contribution >= 0.6 is 22.6 Å². The first kappa shape index (κ1) is 13.5. The van der Waals surface area contributed by atoms with E-state index in [2.05, 4.69) is 27.9 Å². The Morgan fingerprint density at radius 2 is 2.28 bits per heavy atom. The Morgan fingerprint density at radius 1 is 1.56 bits per heavy atom. The summed E-state index contributed by atoms with van der Waals surface area (Å²) >= 11 is 2.12. The summed E-state index contributed by atoms with van der Waals surface area (Å²) in [4.78, 5) is 10.3. The highest BCUT2D eigenvalue weighted by Gasteiger charge is 2.29. The Labute approximate surface area is 119 Å². The molecule has 1 N–H and O–H groups in total. The molecule has 0 atom stereocenters. The maximum Gasteiger partial charge on any atom is 0.270 e. The van der Waals surface area contributed by atoms with Gasteiger partial charge in [-0.15, -0.1) is 0 Å². The van der Waals surface area contributed by atoms with Gasteiger partial charge in [-0.05, 0) is 48.4 Å². The zero-order chi connectivity index (χ0) is 13.1. The van der Waals surface area contributed by atoms with Crippen molar-refractivity contribution in [2.24, 2.45) is 0 Å². The summed E-state index contributed by atoms with van der Waals surface area (Å²) in [5.41, 5.74) is 1.09. The third-order valence-electron chi connectivity index (χ3n) is 3.02. The van der Waals surface area contributed by atoms with Crippen LogP contribution in [-0.2, 0) is 4.74 Å². The van der Waals surface area contributed by atoms with E-state index in [1.807, 2.05) is 6.92 Å². The molecule has 0 heterocycles. The molecule has 1 aromatic rings. The molecule has 0 unspecified atom stereocenters. The highest BCUT2D eigenvalue weighted by atomic mass is 127. The Hall–Kier alpha value is -0.890. The van der Waals surface area contributed by atoms with E-state index in [0.29, 0.717) is 12.1 Å². The fraction of sp³-hybridized carbons (Fsp3) is 0.500. The van der Waals surface area contributed by atoms with Crippen LogP contribution in [0.25, 0.3) is 0 Å². The molecular weight excluding hydrogens is 347 g/mol. The summed E-state index contributed by atoms with van der Waals surface area (Å²) in [5.74, 6) is 0. The molecule has 5 nitrogen and oxygen atoms in total. The summed E-state index contributed by atoms with van der Waals surface area (Å²) in [5, 5.41) is 14.0. The van der Waals surface area contributed by atoms with Crippen LogP contribution < -0.4 is 5.32 Å². The summed E-state index contributed by atoms with van der Waals surface area (Å²) in [7, 11) is 0. The second kappa shape index (κ2) is 5.83. The van der Waals surface area contributed by atoms with Gasteiger partial charge >= 0.3 is 0 Å². The third kappa shape index (κ3) is 3.11. The SMILES string of the molecule is CCOC1CC(Nc2ccc([N+](=O)[O-])cc2I)C1. The fourth-order valence-electron chi connectivity index (χ4n) is 2.01. The molecule has 18 heavy (non-hydrogen) atoms. The van der Waals surface area contributed by atoms with E-state index in [1.54, 1.807) is 12.1 Å². The maximum absolute atomic E-state index is 10.6. The topological polar surface area (TPSA) is 64.4 Å². The van der Waals surface area contributed by atoms with Crippen LogP contribution in [0, 0.1) is 13.7 Å². The van der Waals surface area contributed by atoms with Crippen LogP contribution in [0.4, 0.5) is 11.4 Å². The lowest BCUT2D eigenvalue weighted by Gasteiger charge is -2.36. The first-order chi connectivity index (χ1) is 8.60. The molecule has 0 amide bonds. The van der Waals surface area contributed by atoms with Gasteiger partial charge in [-0.2, -0.15) is 0 Å². The third-order valence-corrected chi connectivity index (χ3v) is 3.91. The van der Waals surface area contributed by atoms with Crippen LogP contribution in [0.3, 0.4) is 0 Å². The summed E-state index contributed by atoms with van der Waals surface area (Å²) in [6.07, 6.45) is 2.37. The Bertz CT molecular complexity index is 447. The van der Waals surface area contributed by atoms with Crippen molar-refractivity contribution in [2.45, 2.75) is 31.9 Å². The predicted molar refractivity (Wildman–Crippen MR) is 77.9 cm³/mol. The Morgan fingerprint density at radius 3 is 2.83 bits per heavy atom. The second-order valence-electron chi connectivity index (χ2n) is 4.31. The van der Waals surface area contributed by atoms with Gasteiger partial charge in [-0.25, -0.2) is 0 Å². The summed E-state index contributed by atoms with van der Waals surface area (Å²) in [6.45, 7) is 2.76. The van der Waals surface area contributed by atoms with Crippen LogP contribution in [0.1, 0.15) is 19.8 Å². The molecule has 2 rings (SSSR count). The monoisotopic (exact) mass is 362 g/mol. The minimum Gasteiger partial charge on any atom is -0.381 e. The van der Waals surface area contributed by atoms with Crippen molar-refractivity contribution in [3.8, 4) is 0 Å². The number of nitrogens with zero attached hydrogens (tertiary/aromatic N) is 1. The van der Waals surface area contributed by atoms with Gasteiger partial charge in [0.1, 0.15) is 0 Å². The van der Waals surface area contributed by atoms with Crippen LogP contribution in [0.5, 0.6) is 0 Å². The molecule has 1 aromatic carbocycles. The first-order valence-corrected chi connectivity index (χ1v) is 7.00. The van der Waals surface area contributed by atoms with E-state index >= 15 is 0 Å². The largest absolute Gasteiger partial charge is 0.381 e. The molecule has 1 aliphatic rings. The smallest absolute Gasteiger partial charge is 0.270 e. The van der Waals surface area contributed by atoms with Gasteiger partial charge < -0.3 is 10.1 Å². The lowest BCUT2D eigenvalue weighted by atomic mass is 9.89. The number of anilines is 1. The van der Waals surface area contributed by atoms with Crippen molar-refractivity contribution < 1.29 is 9.66 Å². The number of ether oxygens (including phenoxy) is 1. The number of rotatable bonds is 5. The second-order valence-corrected chi connectivity index (χ2v) is 5.47. The molecule has 0 aliphatic heterocycles. The first-order valence-electron chi connectivity index (χ1n) is 5.92. The molecule has 98 valence electrons. The minimum absolute atomic E-state index is 0.130. The number of halogens is 1. The molecule has 6 heteroatoms. The summed E-state index contributed by atoms with van der Waals surface area (Å²) in [6, 6.07) is 5.30. The van der Waals surface area contributed by atoms with Crippen LogP contribution in [-0.4, -0.2) is 23.7 Å². The number of non-ortho nitro benzene ring substituents is 1. The lowest BCUT2D eigenvalue weighted by Crippen LogP contribution is -2.40. The van der Waals surface area contributed by atoms with E-state index < -0.39 is 0 Å². The van der Waals surface area contributed by atoms with E-state index in [4.69, 9.17) is 4.74 Å². The van der Waals surface area contributed by atoms with Crippen molar-refractivity contribution in [2.75, 3.05) is 11.9 Å². The normalized spacial score (nSPS) is 22.3. The van der Waals surface area contributed by atoms with Crippen molar-refractivity contribution >= 4 is 34.0 Å². The number of nitrogens with one attached hydrogen (secondary N) is 1. The van der Waals surface area contributed by atoms with Crippen LogP contribution in [0.15, 0.2) is 18.2 Å². The number of hydrogen-bond donors (Lipinski definition) is 1. The number of benzene rings is 1. The maximum atomic E-state index is 10.6. The fourth-order valence-corrected chi connectivity index (χ4v) is 2.66. The van der Waals surface area contributed by atoms with Gasteiger partial charge in [-0.3, -0.25) is 10.1 Å². The average Bonchev–Trinajstić information content (AvgIpc) is 2.28. The van der Waals surface area contributed by atoms with Crippen molar-refractivity contribution in [3.05, 3.63) is 31.9 Å². The molecule has 1 fully saturated rings. The zero-order valence-electron chi connectivity index (χ0n) is 10.1. The van der Waals surface area contributed by atoms with Gasteiger partial charge in [0.15, 0.2) is 0 Å². The van der Waals surface area contributed by atoms with Gasteiger partial charge in [-0.1, -0.05) is 0 Å². The van der Waals surface area contributed by atoms with Gasteiger partial charge in [0.25, 0.3) is 5.69 Å². The summed E-state index contributed by atoms with van der Waals surface area (Å²) < 4.78 is 6.37. The van der Waals surface area contributed by atoms with Crippen molar-refractivity contribution in [1.82, 2.24) is 0 Å². The van der Waals surface area contributed by atoms with Crippen LogP contribution in [0.2, 0.25) is 0 Å². The van der Waals surface area contributed by atoms with E-state index in [0.717, 1.165) is 28.7 Å². The number of nitro benzene ring substituents is 1. The highest BCUT2D eigenvalue weighted by Crippen LogP contribution is 2.30. The molecule has 0 aromatic heterocycles. The van der Waals surface area contributed by atoms with E-state index in [1.165, 1.54) is 6.07 Å². The molecule has 0 radical (unpaired) electrons. The molecule has 0 saturated heterocycles. The minimum atomic E-state index is -0.375. The number of nitro groups is 1. The van der Waals surface area contributed by atoms with E-state index in [-0.39, 0.29) is 10.6 Å². The standard InChI is InChI=1S/C12H15IN2O3/c1-2-18-10-5-8(6-10)14-12-4-3-9(15(16)17)7-11(12)13/h3-4,7-8,10,14H,2,5-6H2,1H3. The van der Waals surface area contributed by atoms with Gasteiger partial charge in [0.2, 0.25) is 0 Å². The van der Waals surface area contributed by atoms with Crippen molar-refractivity contribution in [1.29, 1.82) is 0 Å². The number of hydrogen-bond acceptors (Lipinski definition) is 4. The van der Waals surface area contributed by atoms with Crippen molar-refractivity contribution in [3.63, 3.8) is 0 Å². The zero-order valence-corrected chi connectivity index (χ0v) is 12.2. The van der Waals surface area contributed by atoms with E-state index in [9.17, 15) is 10.1 Å². The predicted octanol–water partition coefficient (Wildman–Crippen LogP) is 3.18. The van der Waals surface area contributed by atoms with Gasteiger partial charge in [0.05, 0.1) is 11.0 Å². The molecule has 0 spiro atoms. The molecule has 0 bridgehead atoms. The Balaban J connectivity index is 1.93. The lowest BCUT2D eigenvalue weighted by molar-refractivity contribution is -0.384. The quantitative estimate of drug-likeness (QED) is 0.497. The van der Waals surface area contributed by atoms with Gasteiger partial charge in [0, 0.05) is 34.0 Å². The average molecular weight is 362 g/mol.